The van der Waals surface area contributed by atoms with Gasteiger partial charge in [0.25, 0.3) is 0 Å². The molecule has 2 rings (SSSR count). The molecule has 9 heteroatoms. The van der Waals surface area contributed by atoms with Gasteiger partial charge in [-0.1, -0.05) is 0 Å². The van der Waals surface area contributed by atoms with Crippen molar-refractivity contribution >= 4 is 23.3 Å². The maximum absolute atomic E-state index is 11.7. The Kier molecular flexibility index (Phi) is 4.88. The molecule has 0 radical (unpaired) electrons. The first-order valence-electron chi connectivity index (χ1n) is 6.22. The Balaban J connectivity index is 1.75. The molecule has 112 valence electrons. The second-order valence-electron chi connectivity index (χ2n) is 4.42. The highest BCUT2D eigenvalue weighted by atomic mass is 32.1. The van der Waals surface area contributed by atoms with Gasteiger partial charge in [0.1, 0.15) is 5.01 Å². The molecule has 0 aliphatic heterocycles. The molecule has 0 fully saturated rings. The molecule has 0 aliphatic rings. The van der Waals surface area contributed by atoms with Crippen LogP contribution in [0.1, 0.15) is 22.4 Å². The average Bonchev–Trinajstić information content (AvgIpc) is 3.06. The number of aromatic nitrogens is 3. The van der Waals surface area contributed by atoms with Crippen LogP contribution in [0.25, 0.3) is 0 Å². The van der Waals surface area contributed by atoms with Crippen molar-refractivity contribution in [3.8, 4) is 0 Å². The number of aromatic carboxylic acids is 1. The van der Waals surface area contributed by atoms with Crippen LogP contribution in [0.4, 0.5) is 4.79 Å². The summed E-state index contributed by atoms with van der Waals surface area (Å²) < 4.78 is 1.87. The van der Waals surface area contributed by atoms with E-state index in [0.717, 1.165) is 0 Å². The maximum atomic E-state index is 11.7. The predicted molar refractivity (Wildman–Crippen MR) is 76.1 cm³/mol. The Hall–Kier alpha value is -2.42. The molecule has 0 bridgehead atoms. The Labute approximate surface area is 124 Å². The van der Waals surface area contributed by atoms with Gasteiger partial charge in [-0.3, -0.25) is 0 Å². The number of rotatable bonds is 6. The molecule has 2 amide bonds. The summed E-state index contributed by atoms with van der Waals surface area (Å²) in [7, 11) is 0. The van der Waals surface area contributed by atoms with Crippen LogP contribution < -0.4 is 10.6 Å². The smallest absolute Gasteiger partial charge is 0.355 e. The lowest BCUT2D eigenvalue weighted by Gasteiger charge is -2.14. The second kappa shape index (κ2) is 6.84. The van der Waals surface area contributed by atoms with Crippen molar-refractivity contribution in [3.63, 3.8) is 0 Å². The average molecular weight is 309 g/mol. The SMILES string of the molecule is CC(Cn1ccnc1)NC(=O)NCc1nc(C(=O)O)cs1. The number of carbonyl (C=O) groups is 2. The number of nitrogens with zero attached hydrogens (tertiary/aromatic N) is 3. The number of carboxylic acids is 1. The molecule has 8 nitrogen and oxygen atoms in total. The zero-order valence-corrected chi connectivity index (χ0v) is 12.1. The van der Waals surface area contributed by atoms with Crippen LogP contribution in [0, 0.1) is 0 Å². The predicted octanol–water partition coefficient (Wildman–Crippen LogP) is 0.926. The minimum absolute atomic E-state index is 0.00863. The molecule has 0 saturated carbocycles. The number of urea groups is 1. The Morgan fingerprint density at radius 1 is 1.52 bits per heavy atom. The number of hydrogen-bond acceptors (Lipinski definition) is 5. The fraction of sp³-hybridized carbons (Fsp3) is 0.333. The van der Waals surface area contributed by atoms with Crippen LogP contribution in [0.2, 0.25) is 0 Å². The van der Waals surface area contributed by atoms with E-state index < -0.39 is 5.97 Å². The molecule has 2 aromatic heterocycles. The lowest BCUT2D eigenvalue weighted by Crippen LogP contribution is -2.42. The van der Waals surface area contributed by atoms with Crippen molar-refractivity contribution in [2.45, 2.75) is 26.1 Å². The van der Waals surface area contributed by atoms with E-state index in [1.54, 1.807) is 12.5 Å². The topological polar surface area (TPSA) is 109 Å². The lowest BCUT2D eigenvalue weighted by molar-refractivity contribution is 0.0691. The summed E-state index contributed by atoms with van der Waals surface area (Å²) in [6.07, 6.45) is 5.17. The van der Waals surface area contributed by atoms with Crippen molar-refractivity contribution in [1.29, 1.82) is 0 Å². The molecule has 1 atom stereocenters. The van der Waals surface area contributed by atoms with Gasteiger partial charge in [-0.25, -0.2) is 19.6 Å². The van der Waals surface area contributed by atoms with Crippen LogP contribution in [0.3, 0.4) is 0 Å². The highest BCUT2D eigenvalue weighted by molar-refractivity contribution is 7.09. The molecule has 2 aromatic rings. The van der Waals surface area contributed by atoms with Crippen molar-refractivity contribution in [2.24, 2.45) is 0 Å². The van der Waals surface area contributed by atoms with Gasteiger partial charge in [0.15, 0.2) is 5.69 Å². The second-order valence-corrected chi connectivity index (χ2v) is 5.36. The van der Waals surface area contributed by atoms with Gasteiger partial charge in [-0.05, 0) is 6.92 Å². The molecular formula is C12H15N5O3S. The molecule has 2 heterocycles. The zero-order valence-electron chi connectivity index (χ0n) is 11.3. The van der Waals surface area contributed by atoms with Crippen LogP contribution >= 0.6 is 11.3 Å². The number of carboxylic acid groups (broad SMARTS) is 1. The van der Waals surface area contributed by atoms with Gasteiger partial charge in [0.05, 0.1) is 12.9 Å². The summed E-state index contributed by atoms with van der Waals surface area (Å²) >= 11 is 1.20. The van der Waals surface area contributed by atoms with Crippen LogP contribution in [-0.4, -0.2) is 37.7 Å². The summed E-state index contributed by atoms with van der Waals surface area (Å²) in [6.45, 7) is 2.70. The number of hydrogen-bond donors (Lipinski definition) is 3. The van der Waals surface area contributed by atoms with Gasteiger partial charge in [0.2, 0.25) is 0 Å². The molecule has 0 spiro atoms. The van der Waals surface area contributed by atoms with Gasteiger partial charge < -0.3 is 20.3 Å². The number of imidazole rings is 1. The monoisotopic (exact) mass is 309 g/mol. The number of thiazole rings is 1. The first kappa shape index (κ1) is 15.0. The number of carbonyl (C=O) groups excluding carboxylic acids is 1. The molecule has 1 unspecified atom stereocenters. The van der Waals surface area contributed by atoms with Crippen LogP contribution in [0.5, 0.6) is 0 Å². The summed E-state index contributed by atoms with van der Waals surface area (Å²) in [4.78, 5) is 30.2. The molecule has 21 heavy (non-hydrogen) atoms. The van der Waals surface area contributed by atoms with Crippen LogP contribution in [0.15, 0.2) is 24.1 Å². The van der Waals surface area contributed by atoms with Crippen molar-refractivity contribution < 1.29 is 14.7 Å². The highest BCUT2D eigenvalue weighted by Gasteiger charge is 2.11. The third-order valence-electron chi connectivity index (χ3n) is 2.59. The van der Waals surface area contributed by atoms with Crippen molar-refractivity contribution in [2.75, 3.05) is 0 Å². The van der Waals surface area contributed by atoms with Gasteiger partial charge in [0, 0.05) is 30.4 Å². The quantitative estimate of drug-likeness (QED) is 0.735. The van der Waals surface area contributed by atoms with Gasteiger partial charge >= 0.3 is 12.0 Å². The normalized spacial score (nSPS) is 11.9. The fourth-order valence-corrected chi connectivity index (χ4v) is 2.39. The lowest BCUT2D eigenvalue weighted by atomic mass is 10.3. The van der Waals surface area contributed by atoms with E-state index in [1.165, 1.54) is 16.7 Å². The summed E-state index contributed by atoms with van der Waals surface area (Å²) in [5.74, 6) is -1.07. The standard InChI is InChI=1S/C12H15N5O3S/c1-8(5-17-3-2-13-7-17)15-12(20)14-4-10-16-9(6-21-10)11(18)19/h2-3,6-8H,4-5H2,1H3,(H,18,19)(H2,14,15,20). The summed E-state index contributed by atoms with van der Waals surface area (Å²) in [5.41, 5.74) is -0.00863. The van der Waals surface area contributed by atoms with Gasteiger partial charge in [-0.15, -0.1) is 11.3 Å². The van der Waals surface area contributed by atoms with E-state index >= 15 is 0 Å². The minimum Gasteiger partial charge on any atom is -0.476 e. The summed E-state index contributed by atoms with van der Waals surface area (Å²) in [5, 5.41) is 16.2. The molecule has 0 aromatic carbocycles. The Morgan fingerprint density at radius 3 is 2.95 bits per heavy atom. The number of amides is 2. The maximum Gasteiger partial charge on any atom is 0.355 e. The largest absolute Gasteiger partial charge is 0.476 e. The molecular weight excluding hydrogens is 294 g/mol. The molecule has 0 aliphatic carbocycles. The van der Waals surface area contributed by atoms with E-state index in [4.69, 9.17) is 5.11 Å². The van der Waals surface area contributed by atoms with Crippen molar-refractivity contribution in [3.05, 3.63) is 34.8 Å². The third kappa shape index (κ3) is 4.56. The minimum atomic E-state index is -1.07. The molecule has 0 saturated heterocycles. The Morgan fingerprint density at radius 2 is 2.33 bits per heavy atom. The third-order valence-corrected chi connectivity index (χ3v) is 3.44. The van der Waals surface area contributed by atoms with E-state index in [9.17, 15) is 9.59 Å². The van der Waals surface area contributed by atoms with Gasteiger partial charge in [-0.2, -0.15) is 0 Å². The van der Waals surface area contributed by atoms with E-state index in [2.05, 4.69) is 20.6 Å². The van der Waals surface area contributed by atoms with E-state index in [1.807, 2.05) is 17.7 Å². The Bertz CT molecular complexity index is 610. The first-order valence-corrected chi connectivity index (χ1v) is 7.10. The van der Waals surface area contributed by atoms with Crippen molar-refractivity contribution in [1.82, 2.24) is 25.2 Å². The summed E-state index contributed by atoms with van der Waals surface area (Å²) in [6, 6.07) is -0.389. The number of nitrogens with one attached hydrogen (secondary N) is 2. The first-order chi connectivity index (χ1) is 10.0. The van der Waals surface area contributed by atoms with Crippen LogP contribution in [-0.2, 0) is 13.1 Å². The fourth-order valence-electron chi connectivity index (χ4n) is 1.68. The zero-order chi connectivity index (χ0) is 15.2. The molecule has 3 N–H and O–H groups in total. The highest BCUT2D eigenvalue weighted by Crippen LogP contribution is 2.09. The van der Waals surface area contributed by atoms with E-state index in [0.29, 0.717) is 11.6 Å². The van der Waals surface area contributed by atoms with E-state index in [-0.39, 0.29) is 24.3 Å².